The number of hydrogen-bond donors (Lipinski definition) is 1. The van der Waals surface area contributed by atoms with E-state index in [9.17, 15) is 0 Å². The van der Waals surface area contributed by atoms with E-state index >= 15 is 0 Å². The van der Waals surface area contributed by atoms with Gasteiger partial charge < -0.3 is 10.5 Å². The van der Waals surface area contributed by atoms with E-state index in [2.05, 4.69) is 28.0 Å². The number of morpholine rings is 1. The molecule has 5 heteroatoms. The van der Waals surface area contributed by atoms with Crippen LogP contribution in [0, 0.1) is 0 Å². The Hall–Kier alpha value is -2.34. The lowest BCUT2D eigenvalue weighted by Crippen LogP contribution is -2.30. The Morgan fingerprint density at radius 1 is 1.08 bits per heavy atom. The molecule has 0 saturated carbocycles. The molecule has 0 unspecified atom stereocenters. The van der Waals surface area contributed by atoms with E-state index in [-0.39, 0.29) is 0 Å². The number of para-hydroxylation sites is 1. The highest BCUT2D eigenvalue weighted by molar-refractivity contribution is 7.97. The molecule has 0 spiro atoms. The van der Waals surface area contributed by atoms with Gasteiger partial charge in [-0.3, -0.25) is 4.99 Å². The van der Waals surface area contributed by atoms with Gasteiger partial charge in [-0.2, -0.15) is 0 Å². The summed E-state index contributed by atoms with van der Waals surface area (Å²) in [6.07, 6.45) is 3.49. The van der Waals surface area contributed by atoms with Crippen LogP contribution in [0.25, 0.3) is 5.70 Å². The second-order valence-electron chi connectivity index (χ2n) is 5.82. The highest BCUT2D eigenvalue weighted by Crippen LogP contribution is 2.25. The summed E-state index contributed by atoms with van der Waals surface area (Å²) in [7, 11) is 0. The van der Waals surface area contributed by atoms with Crippen LogP contribution in [-0.2, 0) is 4.74 Å². The minimum absolute atomic E-state index is 0.669. The van der Waals surface area contributed by atoms with Gasteiger partial charge in [-0.25, -0.2) is 4.31 Å². The van der Waals surface area contributed by atoms with Crippen molar-refractivity contribution in [2.75, 3.05) is 26.3 Å². The van der Waals surface area contributed by atoms with Crippen LogP contribution in [0.3, 0.4) is 0 Å². The van der Waals surface area contributed by atoms with Crippen molar-refractivity contribution in [2.24, 2.45) is 10.7 Å². The van der Waals surface area contributed by atoms with Crippen LogP contribution in [0.4, 0.5) is 5.69 Å². The zero-order valence-corrected chi connectivity index (χ0v) is 15.5. The summed E-state index contributed by atoms with van der Waals surface area (Å²) in [6.45, 7) is 7.35. The molecule has 0 bridgehead atoms. The van der Waals surface area contributed by atoms with Crippen molar-refractivity contribution in [1.29, 1.82) is 0 Å². The SMILES string of the molecule is C=CC(C=Nc1ccccc1)=C(N)c1ccc(SN2CCOCC2)cc1. The molecule has 3 rings (SSSR count). The van der Waals surface area contributed by atoms with Crippen molar-refractivity contribution in [1.82, 2.24) is 4.31 Å². The molecule has 2 N–H and O–H groups in total. The Balaban J connectivity index is 1.72. The summed E-state index contributed by atoms with van der Waals surface area (Å²) in [5.74, 6) is 0. The van der Waals surface area contributed by atoms with Crippen molar-refractivity contribution < 1.29 is 4.74 Å². The molecule has 1 aliphatic heterocycles. The summed E-state index contributed by atoms with van der Waals surface area (Å²) in [5, 5.41) is 0. The molecule has 4 nitrogen and oxygen atoms in total. The van der Waals surface area contributed by atoms with Gasteiger partial charge in [0.25, 0.3) is 0 Å². The van der Waals surface area contributed by atoms with Crippen LogP contribution in [0.2, 0.25) is 0 Å². The van der Waals surface area contributed by atoms with Crippen LogP contribution >= 0.6 is 11.9 Å². The highest BCUT2D eigenvalue weighted by Gasteiger charge is 2.11. The summed E-state index contributed by atoms with van der Waals surface area (Å²) in [5.41, 5.74) is 9.66. The summed E-state index contributed by atoms with van der Waals surface area (Å²) >= 11 is 1.76. The van der Waals surface area contributed by atoms with E-state index in [1.807, 2.05) is 42.5 Å². The van der Waals surface area contributed by atoms with Crippen LogP contribution in [-0.4, -0.2) is 36.8 Å². The average molecular weight is 366 g/mol. The zero-order valence-electron chi connectivity index (χ0n) is 14.7. The van der Waals surface area contributed by atoms with E-state index in [1.165, 1.54) is 4.90 Å². The largest absolute Gasteiger partial charge is 0.398 e. The number of nitrogens with zero attached hydrogens (tertiary/aromatic N) is 2. The number of ether oxygens (including phenoxy) is 1. The lowest BCUT2D eigenvalue weighted by Gasteiger charge is -2.25. The molecule has 2 aromatic rings. The van der Waals surface area contributed by atoms with Crippen molar-refractivity contribution in [3.63, 3.8) is 0 Å². The summed E-state index contributed by atoms with van der Waals surface area (Å²) < 4.78 is 7.70. The first kappa shape index (κ1) is 18.5. The molecule has 0 amide bonds. The first-order valence-electron chi connectivity index (χ1n) is 8.58. The van der Waals surface area contributed by atoms with E-state index in [0.717, 1.165) is 43.1 Å². The maximum atomic E-state index is 6.33. The number of rotatable bonds is 6. The Morgan fingerprint density at radius 3 is 2.42 bits per heavy atom. The third-order valence-electron chi connectivity index (χ3n) is 4.01. The Kier molecular flexibility index (Phi) is 6.66. The second-order valence-corrected chi connectivity index (χ2v) is 6.99. The molecule has 1 fully saturated rings. The topological polar surface area (TPSA) is 50.8 Å². The predicted molar refractivity (Wildman–Crippen MR) is 111 cm³/mol. The first-order chi connectivity index (χ1) is 12.8. The standard InChI is InChI=1S/C21H23N3OS/c1-2-17(16-23-19-6-4-3-5-7-19)21(22)18-8-10-20(11-9-18)26-24-12-14-25-15-13-24/h2-11,16H,1,12-15,22H2. The van der Waals surface area contributed by atoms with Gasteiger partial charge in [0.2, 0.25) is 0 Å². The molecule has 0 atom stereocenters. The van der Waals surface area contributed by atoms with Gasteiger partial charge in [0.05, 0.1) is 18.9 Å². The number of benzene rings is 2. The van der Waals surface area contributed by atoms with Gasteiger partial charge >= 0.3 is 0 Å². The van der Waals surface area contributed by atoms with Gasteiger partial charge in [-0.15, -0.1) is 0 Å². The normalized spacial score (nSPS) is 16.5. The lowest BCUT2D eigenvalue weighted by atomic mass is 10.1. The molecule has 0 radical (unpaired) electrons. The minimum Gasteiger partial charge on any atom is -0.398 e. The van der Waals surface area contributed by atoms with Gasteiger partial charge in [0.1, 0.15) is 0 Å². The van der Waals surface area contributed by atoms with Gasteiger partial charge in [-0.05, 0) is 41.8 Å². The molecule has 1 heterocycles. The van der Waals surface area contributed by atoms with Crippen molar-refractivity contribution in [3.05, 3.63) is 78.4 Å². The number of allylic oxidation sites excluding steroid dienone is 2. The van der Waals surface area contributed by atoms with Crippen LogP contribution in [0.5, 0.6) is 0 Å². The van der Waals surface area contributed by atoms with Gasteiger partial charge in [0, 0.05) is 35.5 Å². The fraction of sp³-hybridized carbons (Fsp3) is 0.190. The Bertz CT molecular complexity index is 779. The van der Waals surface area contributed by atoms with Crippen LogP contribution < -0.4 is 5.73 Å². The molecule has 0 aromatic heterocycles. The van der Waals surface area contributed by atoms with Gasteiger partial charge in [0.15, 0.2) is 0 Å². The Morgan fingerprint density at radius 2 is 1.77 bits per heavy atom. The maximum absolute atomic E-state index is 6.33. The third-order valence-corrected chi connectivity index (χ3v) is 5.12. The molecular weight excluding hydrogens is 342 g/mol. The van der Waals surface area contributed by atoms with E-state index in [0.29, 0.717) is 5.70 Å². The van der Waals surface area contributed by atoms with E-state index in [1.54, 1.807) is 24.2 Å². The maximum Gasteiger partial charge on any atom is 0.0629 e. The summed E-state index contributed by atoms with van der Waals surface area (Å²) in [4.78, 5) is 5.66. The van der Waals surface area contributed by atoms with E-state index < -0.39 is 0 Å². The van der Waals surface area contributed by atoms with Gasteiger partial charge in [-0.1, -0.05) is 43.0 Å². The summed E-state index contributed by atoms with van der Waals surface area (Å²) in [6, 6.07) is 18.0. The molecule has 1 aliphatic rings. The molecule has 134 valence electrons. The smallest absolute Gasteiger partial charge is 0.0629 e. The monoisotopic (exact) mass is 365 g/mol. The first-order valence-corrected chi connectivity index (χ1v) is 9.36. The number of aliphatic imine (C=N–C) groups is 1. The van der Waals surface area contributed by atoms with Crippen LogP contribution in [0.15, 0.2) is 82.7 Å². The zero-order chi connectivity index (χ0) is 18.2. The van der Waals surface area contributed by atoms with E-state index in [4.69, 9.17) is 10.5 Å². The fourth-order valence-corrected chi connectivity index (χ4v) is 3.43. The van der Waals surface area contributed by atoms with Crippen molar-refractivity contribution in [3.8, 4) is 0 Å². The molecule has 26 heavy (non-hydrogen) atoms. The van der Waals surface area contributed by atoms with Crippen molar-refractivity contribution >= 4 is 29.5 Å². The molecule has 2 aromatic carbocycles. The minimum atomic E-state index is 0.669. The number of hydrogen-bond acceptors (Lipinski definition) is 5. The average Bonchev–Trinajstić information content (AvgIpc) is 2.70. The molecule has 0 aliphatic carbocycles. The van der Waals surface area contributed by atoms with Crippen LogP contribution in [0.1, 0.15) is 5.56 Å². The second kappa shape index (κ2) is 9.38. The Labute approximate surface area is 159 Å². The predicted octanol–water partition coefficient (Wildman–Crippen LogP) is 4.28. The highest BCUT2D eigenvalue weighted by atomic mass is 32.2. The third kappa shape index (κ3) is 5.08. The number of nitrogens with two attached hydrogens (primary N) is 1. The van der Waals surface area contributed by atoms with Crippen molar-refractivity contribution in [2.45, 2.75) is 4.90 Å². The fourth-order valence-electron chi connectivity index (χ4n) is 2.54. The molecular formula is C21H23N3OS. The quantitative estimate of drug-likeness (QED) is 0.471. The lowest BCUT2D eigenvalue weighted by molar-refractivity contribution is 0.0773. The molecule has 1 saturated heterocycles.